The third-order valence-corrected chi connectivity index (χ3v) is 12.6. The first-order chi connectivity index (χ1) is 29.1. The Balaban J connectivity index is 1.26. The maximum absolute atomic E-state index is 11.0. The summed E-state index contributed by atoms with van der Waals surface area (Å²) < 4.78 is 36.2. The molecular formula is C50H57N5O4S. The van der Waals surface area contributed by atoms with Crippen LogP contribution < -0.4 is 9.64 Å². The van der Waals surface area contributed by atoms with Gasteiger partial charge in [-0.05, 0) is 128 Å². The lowest BCUT2D eigenvalue weighted by Crippen LogP contribution is -2.28. The first-order valence-corrected chi connectivity index (χ1v) is 22.4. The molecule has 1 atom stereocenters. The monoisotopic (exact) mass is 823 g/mol. The van der Waals surface area contributed by atoms with Crippen LogP contribution in [0.25, 0.3) is 21.2 Å². The van der Waals surface area contributed by atoms with Crippen molar-refractivity contribution in [3.8, 4) is 5.75 Å². The fourth-order valence-corrected chi connectivity index (χ4v) is 9.58. The molecule has 9 nitrogen and oxygen atoms in total. The minimum absolute atomic E-state index is 0.177. The molecule has 60 heavy (non-hydrogen) atoms. The first-order valence-electron chi connectivity index (χ1n) is 21.4. The van der Waals surface area contributed by atoms with Crippen LogP contribution in [0.3, 0.4) is 0 Å². The van der Waals surface area contributed by atoms with Crippen molar-refractivity contribution in [3.63, 3.8) is 0 Å². The Kier molecular flexibility index (Phi) is 13.9. The molecule has 7 rings (SSSR count). The van der Waals surface area contributed by atoms with Crippen LogP contribution in [0.5, 0.6) is 5.75 Å². The van der Waals surface area contributed by atoms with Crippen LogP contribution in [-0.4, -0.2) is 45.3 Å². The molecule has 10 heteroatoms. The lowest BCUT2D eigenvalue weighted by Gasteiger charge is -2.27. The summed E-state index contributed by atoms with van der Waals surface area (Å²) in [4.78, 5) is 5.30. The zero-order chi connectivity index (χ0) is 42.1. The van der Waals surface area contributed by atoms with Gasteiger partial charge in [0, 0.05) is 58.9 Å². The standard InChI is InChI=1S/C50H57N5O4S/c1-49(2)42-25-12-13-26-43(42)54(35-16-17-36-58-60(56)57)45(49)31-28-38-20-18-21-39(48(38)59-40-22-8-7-9-23-40)29-32-46-50(3,4)47-41-24-11-10-19-37(41)27-30-44(47)55(46)34-15-6-5-14-33-52-53-51/h7-13,19,22-32H,5-6,14-18,20-21,33-36H2,1-4H3. The Morgan fingerprint density at radius 2 is 1.62 bits per heavy atom. The number of fused-ring (bicyclic) bond motifs is 4. The Morgan fingerprint density at radius 1 is 0.850 bits per heavy atom. The zero-order valence-corrected chi connectivity index (χ0v) is 36.3. The summed E-state index contributed by atoms with van der Waals surface area (Å²) >= 11 is -2.50. The molecule has 0 spiro atoms. The number of anilines is 1. The molecule has 0 N–H and O–H groups in total. The molecule has 0 radical (unpaired) electrons. The predicted molar refractivity (Wildman–Crippen MR) is 243 cm³/mol. The fourth-order valence-electron chi connectivity index (χ4n) is 9.32. The van der Waals surface area contributed by atoms with Crippen molar-refractivity contribution in [2.24, 2.45) is 5.11 Å². The van der Waals surface area contributed by atoms with E-state index < -0.39 is 11.4 Å². The molecule has 1 aliphatic carbocycles. The Labute approximate surface area is 357 Å². The van der Waals surface area contributed by atoms with E-state index in [0.29, 0.717) is 13.0 Å². The van der Waals surface area contributed by atoms with Crippen molar-refractivity contribution in [2.75, 3.05) is 31.1 Å². The highest BCUT2D eigenvalue weighted by atomic mass is 32.2. The molecule has 0 aromatic heterocycles. The molecule has 312 valence electrons. The number of para-hydroxylation sites is 2. The zero-order valence-electron chi connectivity index (χ0n) is 35.4. The van der Waals surface area contributed by atoms with Crippen LogP contribution in [0, 0.1) is 0 Å². The predicted octanol–water partition coefficient (Wildman–Crippen LogP) is 12.4. The molecule has 2 aliphatic heterocycles. The van der Waals surface area contributed by atoms with Gasteiger partial charge in [0.1, 0.15) is 18.1 Å². The summed E-state index contributed by atoms with van der Waals surface area (Å²) in [5.41, 5.74) is 18.2. The summed E-state index contributed by atoms with van der Waals surface area (Å²) in [6, 6.07) is 32.0. The van der Waals surface area contributed by atoms with Gasteiger partial charge in [-0.15, -0.1) is 0 Å². The summed E-state index contributed by atoms with van der Waals surface area (Å²) in [6.45, 7) is 11.7. The van der Waals surface area contributed by atoms with E-state index in [1.807, 2.05) is 30.3 Å². The number of hydrogen-bond acceptors (Lipinski definition) is 6. The molecule has 3 aliphatic rings. The van der Waals surface area contributed by atoms with Crippen molar-refractivity contribution in [3.05, 3.63) is 159 Å². The first kappa shape index (κ1) is 42.9. The van der Waals surface area contributed by atoms with Gasteiger partial charge in [-0.3, -0.25) is 0 Å². The van der Waals surface area contributed by atoms with E-state index in [-0.39, 0.29) is 17.4 Å². The van der Waals surface area contributed by atoms with Gasteiger partial charge in [-0.2, -0.15) is 4.58 Å². The highest BCUT2D eigenvalue weighted by Crippen LogP contribution is 2.48. The lowest BCUT2D eigenvalue weighted by molar-refractivity contribution is -0.438. The summed E-state index contributed by atoms with van der Waals surface area (Å²) in [7, 11) is 0. The van der Waals surface area contributed by atoms with Crippen LogP contribution in [0.2, 0.25) is 0 Å². The second-order valence-electron chi connectivity index (χ2n) is 16.9. The van der Waals surface area contributed by atoms with E-state index in [2.05, 4.69) is 132 Å². The van der Waals surface area contributed by atoms with Gasteiger partial charge in [0.05, 0.1) is 23.4 Å². The molecule has 4 aromatic carbocycles. The molecule has 0 saturated carbocycles. The molecule has 1 unspecified atom stereocenters. The topological polar surface area (TPSA) is 114 Å². The summed E-state index contributed by atoms with van der Waals surface area (Å²) in [6.07, 6.45) is 17.5. The van der Waals surface area contributed by atoms with E-state index in [4.69, 9.17) is 14.5 Å². The molecule has 0 bridgehead atoms. The highest BCUT2D eigenvalue weighted by molar-refractivity contribution is 7.74. The van der Waals surface area contributed by atoms with Gasteiger partial charge in [-0.25, -0.2) is 4.21 Å². The normalized spacial score (nSPS) is 18.7. The quantitative estimate of drug-likeness (QED) is 0.0248. The number of hydrogen-bond donors (Lipinski definition) is 0. The van der Waals surface area contributed by atoms with Crippen molar-refractivity contribution < 1.29 is 22.3 Å². The number of unbranched alkanes of at least 4 members (excludes halogenated alkanes) is 4. The van der Waals surface area contributed by atoms with Gasteiger partial charge in [-0.1, -0.05) is 92.1 Å². The average Bonchev–Trinajstić information content (AvgIpc) is 3.60. The minimum Gasteiger partial charge on any atom is -0.750 e. The highest BCUT2D eigenvalue weighted by Gasteiger charge is 2.45. The minimum atomic E-state index is -2.50. The van der Waals surface area contributed by atoms with Crippen molar-refractivity contribution >= 4 is 39.2 Å². The molecule has 0 amide bonds. The van der Waals surface area contributed by atoms with Crippen LogP contribution in [-0.2, 0) is 26.4 Å². The molecule has 0 saturated heterocycles. The molecule has 4 aromatic rings. The van der Waals surface area contributed by atoms with Gasteiger partial charge < -0.3 is 18.4 Å². The molecule has 0 fully saturated rings. The van der Waals surface area contributed by atoms with Crippen LogP contribution in [0.1, 0.15) is 96.6 Å². The smallest absolute Gasteiger partial charge is 0.210 e. The lowest BCUT2D eigenvalue weighted by atomic mass is 9.78. The number of rotatable bonds is 18. The largest absolute Gasteiger partial charge is 0.750 e. The van der Waals surface area contributed by atoms with Crippen molar-refractivity contribution in [1.82, 2.24) is 0 Å². The SMILES string of the molecule is CC1(C)C(/C=C/C2=C(Oc3ccccc3)C(=C/C=C3\N(CCCCOS(=O)[O-])c4ccccc4C3(C)C)/CCC2)=[N+](CCCCCCN=[N+]=[N-])c2ccc3ccccc3c21. The molecular weight excluding hydrogens is 767 g/mol. The number of azide groups is 1. The Morgan fingerprint density at radius 3 is 2.43 bits per heavy atom. The van der Waals surface area contributed by atoms with Crippen molar-refractivity contribution in [1.29, 1.82) is 0 Å². The third-order valence-electron chi connectivity index (χ3n) is 12.3. The van der Waals surface area contributed by atoms with E-state index in [9.17, 15) is 8.76 Å². The number of ether oxygens (including phenoxy) is 1. The van der Waals surface area contributed by atoms with Crippen LogP contribution in [0.15, 0.2) is 143 Å². The van der Waals surface area contributed by atoms with Crippen LogP contribution in [0.4, 0.5) is 11.4 Å². The van der Waals surface area contributed by atoms with Gasteiger partial charge in [0.2, 0.25) is 5.69 Å². The van der Waals surface area contributed by atoms with E-state index in [1.165, 1.54) is 50.3 Å². The van der Waals surface area contributed by atoms with E-state index in [0.717, 1.165) is 81.5 Å². The fraction of sp³-hybridized carbons (Fsp3) is 0.380. The van der Waals surface area contributed by atoms with Gasteiger partial charge in [0.15, 0.2) is 5.71 Å². The summed E-state index contributed by atoms with van der Waals surface area (Å²) in [5.74, 6) is 1.72. The van der Waals surface area contributed by atoms with Crippen LogP contribution >= 0.6 is 0 Å². The number of benzene rings is 4. The third kappa shape index (κ3) is 9.38. The Bertz CT molecular complexity index is 2420. The summed E-state index contributed by atoms with van der Waals surface area (Å²) in [5, 5.41) is 6.28. The average molecular weight is 824 g/mol. The number of allylic oxidation sites excluding steroid dienone is 7. The van der Waals surface area contributed by atoms with E-state index in [1.54, 1.807) is 0 Å². The Hall–Kier alpha value is -5.25. The maximum atomic E-state index is 11.0. The maximum Gasteiger partial charge on any atom is 0.210 e. The van der Waals surface area contributed by atoms with Gasteiger partial charge in [0.25, 0.3) is 0 Å². The number of nitrogens with zero attached hydrogens (tertiary/aromatic N) is 5. The molecule has 2 heterocycles. The second-order valence-corrected chi connectivity index (χ2v) is 17.6. The van der Waals surface area contributed by atoms with E-state index >= 15 is 0 Å². The van der Waals surface area contributed by atoms with Crippen molar-refractivity contribution in [2.45, 2.75) is 96.3 Å². The van der Waals surface area contributed by atoms with Gasteiger partial charge >= 0.3 is 0 Å². The second kappa shape index (κ2) is 19.4.